The van der Waals surface area contributed by atoms with Gasteiger partial charge in [0.05, 0.1) is 21.6 Å². The maximum atomic E-state index is 13.4. The molecule has 7 heteroatoms. The van der Waals surface area contributed by atoms with Crippen molar-refractivity contribution in [2.45, 2.75) is 38.3 Å². The fourth-order valence-electron chi connectivity index (χ4n) is 3.44. The van der Waals surface area contributed by atoms with Crippen LogP contribution in [-0.2, 0) is 4.79 Å². The highest BCUT2D eigenvalue weighted by Gasteiger charge is 2.30. The molecule has 1 amide bonds. The average Bonchev–Trinajstić information content (AvgIpc) is 3.50. The molecule has 0 saturated heterocycles. The van der Waals surface area contributed by atoms with Crippen molar-refractivity contribution < 1.29 is 4.79 Å². The lowest BCUT2D eigenvalue weighted by atomic mass is 10.1. The van der Waals surface area contributed by atoms with Crippen LogP contribution < -0.4 is 16.6 Å². The highest BCUT2D eigenvalue weighted by Crippen LogP contribution is 2.23. The minimum Gasteiger partial charge on any atom is -0.352 e. The summed E-state index contributed by atoms with van der Waals surface area (Å²) in [5.41, 5.74) is -0.285. The minimum atomic E-state index is -0.715. The second-order valence-electron chi connectivity index (χ2n) is 6.97. The smallest absolute Gasteiger partial charge is 0.336 e. The van der Waals surface area contributed by atoms with Crippen LogP contribution >= 0.6 is 11.6 Å². The summed E-state index contributed by atoms with van der Waals surface area (Å²) in [5.74, 6) is -0.207. The van der Waals surface area contributed by atoms with Crippen LogP contribution in [0.25, 0.3) is 16.6 Å². The fraction of sp³-hybridized carbons (Fsp3) is 0.286. The number of fused-ring (bicyclic) bond motifs is 1. The van der Waals surface area contributed by atoms with Crippen LogP contribution in [0.2, 0.25) is 5.02 Å². The third-order valence-corrected chi connectivity index (χ3v) is 5.33. The molecule has 1 saturated carbocycles. The minimum absolute atomic E-state index is 0.179. The Kier molecular flexibility index (Phi) is 4.81. The van der Waals surface area contributed by atoms with Gasteiger partial charge in [0.15, 0.2) is 0 Å². The summed E-state index contributed by atoms with van der Waals surface area (Å²) in [6.07, 6.45) is 2.33. The highest BCUT2D eigenvalue weighted by atomic mass is 35.5. The van der Waals surface area contributed by atoms with Gasteiger partial charge in [-0.25, -0.2) is 9.36 Å². The number of carbonyl (C=O) groups is 1. The lowest BCUT2D eigenvalue weighted by Crippen LogP contribution is -2.44. The molecule has 1 aliphatic rings. The second kappa shape index (κ2) is 7.28. The van der Waals surface area contributed by atoms with Crippen molar-refractivity contribution in [2.75, 3.05) is 0 Å². The van der Waals surface area contributed by atoms with Crippen LogP contribution in [0, 0.1) is 0 Å². The molecule has 1 atom stereocenters. The molecule has 6 nitrogen and oxygen atoms in total. The van der Waals surface area contributed by atoms with Gasteiger partial charge < -0.3 is 5.32 Å². The zero-order chi connectivity index (χ0) is 19.8. The van der Waals surface area contributed by atoms with Crippen LogP contribution in [0.15, 0.2) is 58.1 Å². The number of amides is 1. The van der Waals surface area contributed by atoms with E-state index in [1.807, 2.05) is 6.92 Å². The van der Waals surface area contributed by atoms with Crippen LogP contribution in [-0.4, -0.2) is 21.1 Å². The lowest BCUT2D eigenvalue weighted by molar-refractivity contribution is -0.124. The predicted molar refractivity (Wildman–Crippen MR) is 109 cm³/mol. The van der Waals surface area contributed by atoms with Gasteiger partial charge in [-0.05, 0) is 43.5 Å². The molecule has 1 N–H and O–H groups in total. The van der Waals surface area contributed by atoms with Crippen molar-refractivity contribution in [3.8, 4) is 5.69 Å². The van der Waals surface area contributed by atoms with Gasteiger partial charge in [-0.15, -0.1) is 0 Å². The Hall–Kier alpha value is -2.86. The first kappa shape index (κ1) is 18.5. The Balaban J connectivity index is 2.02. The van der Waals surface area contributed by atoms with Gasteiger partial charge in [-0.1, -0.05) is 42.8 Å². The van der Waals surface area contributed by atoms with Crippen LogP contribution in [0.5, 0.6) is 0 Å². The molecule has 0 radical (unpaired) electrons. The van der Waals surface area contributed by atoms with Gasteiger partial charge in [0.2, 0.25) is 5.91 Å². The highest BCUT2D eigenvalue weighted by molar-refractivity contribution is 6.32. The first-order valence-corrected chi connectivity index (χ1v) is 9.72. The topological polar surface area (TPSA) is 73.1 Å². The fourth-order valence-corrected chi connectivity index (χ4v) is 3.66. The molecule has 1 aromatic heterocycles. The molecule has 28 heavy (non-hydrogen) atoms. The van der Waals surface area contributed by atoms with Gasteiger partial charge in [0.25, 0.3) is 5.56 Å². The summed E-state index contributed by atoms with van der Waals surface area (Å²) in [6, 6.07) is 13.0. The van der Waals surface area contributed by atoms with Gasteiger partial charge in [-0.3, -0.25) is 14.2 Å². The van der Waals surface area contributed by atoms with Gasteiger partial charge in [0.1, 0.15) is 6.04 Å². The van der Waals surface area contributed by atoms with Gasteiger partial charge in [-0.2, -0.15) is 0 Å². The number of aromatic nitrogens is 2. The molecule has 2 aromatic carbocycles. The second-order valence-corrected chi connectivity index (χ2v) is 7.38. The Labute approximate surface area is 166 Å². The van der Waals surface area contributed by atoms with Gasteiger partial charge in [0, 0.05) is 6.04 Å². The van der Waals surface area contributed by atoms with Crippen molar-refractivity contribution in [3.05, 3.63) is 74.4 Å². The summed E-state index contributed by atoms with van der Waals surface area (Å²) >= 11 is 6.27. The molecule has 1 unspecified atom stereocenters. The SMILES string of the molecule is CCC(C(=O)NC1CC1)n1c(=O)n(-c2ccccc2Cl)c(=O)c2ccccc21. The van der Waals surface area contributed by atoms with E-state index in [0.717, 1.165) is 17.4 Å². The molecule has 4 rings (SSSR count). The summed E-state index contributed by atoms with van der Waals surface area (Å²) in [7, 11) is 0. The Morgan fingerprint density at radius 1 is 1.14 bits per heavy atom. The predicted octanol–water partition coefficient (Wildman–Crippen LogP) is 3.04. The van der Waals surface area contributed by atoms with Crippen molar-refractivity contribution in [3.63, 3.8) is 0 Å². The summed E-state index contributed by atoms with van der Waals surface area (Å²) in [5, 5.41) is 3.62. The number of halogens is 1. The normalized spacial score (nSPS) is 14.8. The summed E-state index contributed by atoms with van der Waals surface area (Å²) in [4.78, 5) is 39.4. The zero-order valence-electron chi connectivity index (χ0n) is 15.4. The third-order valence-electron chi connectivity index (χ3n) is 5.01. The number of hydrogen-bond donors (Lipinski definition) is 1. The van der Waals surface area contributed by atoms with Crippen molar-refractivity contribution in [1.29, 1.82) is 0 Å². The first-order chi connectivity index (χ1) is 13.5. The van der Waals surface area contributed by atoms with E-state index in [2.05, 4.69) is 5.32 Å². The number of para-hydroxylation sites is 2. The number of rotatable bonds is 5. The lowest BCUT2D eigenvalue weighted by Gasteiger charge is -2.21. The number of carbonyl (C=O) groups excluding carboxylic acids is 1. The maximum Gasteiger partial charge on any atom is 0.336 e. The van der Waals surface area contributed by atoms with E-state index in [-0.39, 0.29) is 11.9 Å². The number of nitrogens with zero attached hydrogens (tertiary/aromatic N) is 2. The number of nitrogens with one attached hydrogen (secondary N) is 1. The molecule has 0 spiro atoms. The number of benzene rings is 2. The Bertz CT molecular complexity index is 1180. The quantitative estimate of drug-likeness (QED) is 0.719. The molecule has 1 fully saturated rings. The molecule has 1 aliphatic carbocycles. The van der Waals surface area contributed by atoms with Crippen LogP contribution in [0.3, 0.4) is 0 Å². The Morgan fingerprint density at radius 2 is 1.82 bits per heavy atom. The first-order valence-electron chi connectivity index (χ1n) is 9.34. The molecule has 3 aromatic rings. The van der Waals surface area contributed by atoms with E-state index in [1.165, 1.54) is 4.57 Å². The van der Waals surface area contributed by atoms with E-state index >= 15 is 0 Å². The van der Waals surface area contributed by atoms with E-state index in [1.54, 1.807) is 48.5 Å². The van der Waals surface area contributed by atoms with Crippen molar-refractivity contribution in [1.82, 2.24) is 14.5 Å². The summed E-state index contributed by atoms with van der Waals surface area (Å²) < 4.78 is 2.47. The van der Waals surface area contributed by atoms with E-state index in [0.29, 0.717) is 28.0 Å². The van der Waals surface area contributed by atoms with Crippen molar-refractivity contribution in [2.24, 2.45) is 0 Å². The monoisotopic (exact) mass is 397 g/mol. The average molecular weight is 398 g/mol. The standard InChI is InChI=1S/C21H20ClN3O3/c1-2-16(19(26)23-13-11-12-13)24-17-9-5-3-7-14(17)20(27)25(21(24)28)18-10-6-4-8-15(18)22/h3-10,13,16H,2,11-12H2,1H3,(H,23,26). The summed E-state index contributed by atoms with van der Waals surface area (Å²) in [6.45, 7) is 1.85. The Morgan fingerprint density at radius 3 is 2.50 bits per heavy atom. The van der Waals surface area contributed by atoms with Crippen molar-refractivity contribution >= 4 is 28.4 Å². The molecule has 144 valence electrons. The van der Waals surface area contributed by atoms with E-state index in [4.69, 9.17) is 11.6 Å². The zero-order valence-corrected chi connectivity index (χ0v) is 16.1. The molecular formula is C21H20ClN3O3. The molecule has 1 heterocycles. The van der Waals surface area contributed by atoms with Gasteiger partial charge >= 0.3 is 5.69 Å². The number of hydrogen-bond acceptors (Lipinski definition) is 3. The largest absolute Gasteiger partial charge is 0.352 e. The van der Waals surface area contributed by atoms with E-state index < -0.39 is 17.3 Å². The van der Waals surface area contributed by atoms with Crippen LogP contribution in [0.4, 0.5) is 0 Å². The maximum absolute atomic E-state index is 13.4. The van der Waals surface area contributed by atoms with Crippen LogP contribution in [0.1, 0.15) is 32.2 Å². The molecule has 0 bridgehead atoms. The third kappa shape index (κ3) is 3.14. The molecule has 0 aliphatic heterocycles. The molecular weight excluding hydrogens is 378 g/mol. The van der Waals surface area contributed by atoms with E-state index in [9.17, 15) is 14.4 Å².